The Morgan fingerprint density at radius 3 is 2.19 bits per heavy atom. The van der Waals surface area contributed by atoms with E-state index in [2.05, 4.69) is 6.07 Å². The van der Waals surface area contributed by atoms with Crippen LogP contribution in [0.2, 0.25) is 0 Å². The molecule has 2 heterocycles. The second kappa shape index (κ2) is 7.78. The van der Waals surface area contributed by atoms with Crippen LogP contribution in [0.25, 0.3) is 0 Å². The molecule has 0 bridgehead atoms. The number of likely N-dealkylation sites (tertiary alicyclic amines) is 1. The minimum absolute atomic E-state index is 0.0357. The van der Waals surface area contributed by atoms with Gasteiger partial charge < -0.3 is 4.90 Å². The van der Waals surface area contributed by atoms with E-state index in [-0.39, 0.29) is 31.8 Å². The molecule has 0 unspecified atom stereocenters. The lowest BCUT2D eigenvalue weighted by Crippen LogP contribution is -2.60. The monoisotopic (exact) mass is 455 g/mol. The highest BCUT2D eigenvalue weighted by Crippen LogP contribution is 2.60. The fraction of sp³-hybridized carbons (Fsp3) is 0.619. The van der Waals surface area contributed by atoms with E-state index >= 15 is 0 Å². The van der Waals surface area contributed by atoms with E-state index in [1.807, 2.05) is 12.1 Å². The molecule has 0 atom stereocenters. The third-order valence-corrected chi connectivity index (χ3v) is 9.12. The van der Waals surface area contributed by atoms with E-state index in [9.17, 15) is 26.4 Å². The van der Waals surface area contributed by atoms with Crippen molar-refractivity contribution in [3.63, 3.8) is 0 Å². The van der Waals surface area contributed by atoms with Gasteiger partial charge in [-0.3, -0.25) is 4.79 Å². The fourth-order valence-electron chi connectivity index (χ4n) is 4.43. The van der Waals surface area contributed by atoms with Crippen LogP contribution >= 0.6 is 0 Å². The number of nitriles is 1. The molecule has 2 saturated heterocycles. The maximum Gasteiger partial charge on any atom is 0.395 e. The predicted octanol–water partition coefficient (Wildman–Crippen LogP) is 3.01. The molecule has 31 heavy (non-hydrogen) atoms. The molecule has 1 amide bonds. The van der Waals surface area contributed by atoms with Crippen LogP contribution in [0.3, 0.4) is 0 Å². The van der Waals surface area contributed by atoms with E-state index in [4.69, 9.17) is 5.26 Å². The molecule has 1 aromatic rings. The highest BCUT2D eigenvalue weighted by Gasteiger charge is 2.64. The Kier molecular flexibility index (Phi) is 5.54. The second-order valence-electron chi connectivity index (χ2n) is 8.83. The van der Waals surface area contributed by atoms with Crippen LogP contribution in [0.4, 0.5) is 13.2 Å². The quantitative estimate of drug-likeness (QED) is 0.684. The van der Waals surface area contributed by atoms with Crippen LogP contribution in [-0.4, -0.2) is 61.1 Å². The number of sulfonamides is 1. The van der Waals surface area contributed by atoms with E-state index in [1.165, 1.54) is 9.21 Å². The van der Waals surface area contributed by atoms with Gasteiger partial charge in [-0.15, -0.1) is 0 Å². The molecule has 0 N–H and O–H groups in total. The molecule has 2 aliphatic heterocycles. The van der Waals surface area contributed by atoms with Gasteiger partial charge in [0.1, 0.15) is 5.25 Å². The molecule has 10 heteroatoms. The summed E-state index contributed by atoms with van der Waals surface area (Å²) < 4.78 is 66.4. The summed E-state index contributed by atoms with van der Waals surface area (Å²) in [7, 11) is -3.59. The topological polar surface area (TPSA) is 81.5 Å². The molecular formula is C21H24F3N3O3S. The number of carbonyl (C=O) groups is 1. The third-order valence-electron chi connectivity index (χ3n) is 6.89. The lowest BCUT2D eigenvalue weighted by atomic mass is 9.90. The zero-order valence-corrected chi connectivity index (χ0v) is 17.8. The molecule has 6 nitrogen and oxygen atoms in total. The first-order valence-electron chi connectivity index (χ1n) is 10.4. The third kappa shape index (κ3) is 4.17. The molecule has 4 rings (SSSR count). The smallest absolute Gasteiger partial charge is 0.340 e. The standard InChI is InChI=1S/C21H24F3N3O3S/c22-21(23,24)20(7-8-20)11-19(28)26-13-18(14-26)31(29,30)27-9-5-17(6-10-27)16-3-1-15(12-25)2-4-16/h1-4,17-18H,5-11,13-14H2. The Morgan fingerprint density at radius 1 is 1.13 bits per heavy atom. The number of hydrogen-bond acceptors (Lipinski definition) is 4. The molecule has 0 aromatic heterocycles. The van der Waals surface area contributed by atoms with Crippen LogP contribution in [0.5, 0.6) is 0 Å². The summed E-state index contributed by atoms with van der Waals surface area (Å²) in [5.41, 5.74) is -0.243. The molecular weight excluding hydrogens is 431 g/mol. The number of nitrogens with zero attached hydrogens (tertiary/aromatic N) is 3. The van der Waals surface area contributed by atoms with Crippen molar-refractivity contribution in [2.24, 2.45) is 5.41 Å². The molecule has 1 aliphatic carbocycles. The summed E-state index contributed by atoms with van der Waals surface area (Å²) in [4.78, 5) is 13.5. The van der Waals surface area contributed by atoms with Crippen molar-refractivity contribution >= 4 is 15.9 Å². The van der Waals surface area contributed by atoms with Gasteiger partial charge in [0.15, 0.2) is 0 Å². The van der Waals surface area contributed by atoms with Gasteiger partial charge in [-0.1, -0.05) is 12.1 Å². The first kappa shape index (κ1) is 22.1. The Morgan fingerprint density at radius 2 is 1.71 bits per heavy atom. The fourth-order valence-corrected chi connectivity index (χ4v) is 6.31. The number of amides is 1. The van der Waals surface area contributed by atoms with Crippen molar-refractivity contribution in [2.45, 2.75) is 49.4 Å². The Labute approximate surface area is 179 Å². The van der Waals surface area contributed by atoms with Gasteiger partial charge in [-0.05, 0) is 49.3 Å². The minimum atomic E-state index is -4.39. The maximum atomic E-state index is 13.1. The molecule has 3 aliphatic rings. The highest BCUT2D eigenvalue weighted by molar-refractivity contribution is 7.89. The molecule has 0 spiro atoms. The van der Waals surface area contributed by atoms with Crippen LogP contribution in [-0.2, 0) is 14.8 Å². The van der Waals surface area contributed by atoms with Crippen molar-refractivity contribution in [1.82, 2.24) is 9.21 Å². The summed E-state index contributed by atoms with van der Waals surface area (Å²) in [6.07, 6.45) is -3.72. The maximum absolute atomic E-state index is 13.1. The van der Waals surface area contributed by atoms with Crippen molar-refractivity contribution in [1.29, 1.82) is 5.26 Å². The lowest BCUT2D eigenvalue weighted by Gasteiger charge is -2.42. The number of alkyl halides is 3. The molecule has 168 valence electrons. The van der Waals surface area contributed by atoms with E-state index in [0.29, 0.717) is 31.5 Å². The van der Waals surface area contributed by atoms with Crippen LogP contribution in [0, 0.1) is 16.7 Å². The van der Waals surface area contributed by atoms with Crippen molar-refractivity contribution in [2.75, 3.05) is 26.2 Å². The normalized spacial score (nSPS) is 22.6. The van der Waals surface area contributed by atoms with E-state index in [1.54, 1.807) is 12.1 Å². The van der Waals surface area contributed by atoms with E-state index in [0.717, 1.165) is 5.56 Å². The Hall–Kier alpha value is -2.12. The minimum Gasteiger partial charge on any atom is -0.340 e. The Balaban J connectivity index is 1.28. The van der Waals surface area contributed by atoms with Crippen molar-refractivity contribution in [3.8, 4) is 6.07 Å². The molecule has 1 aromatic carbocycles. The number of hydrogen-bond donors (Lipinski definition) is 0. The predicted molar refractivity (Wildman–Crippen MR) is 106 cm³/mol. The van der Waals surface area contributed by atoms with Crippen LogP contribution in [0.1, 0.15) is 49.1 Å². The van der Waals surface area contributed by atoms with Crippen LogP contribution in [0.15, 0.2) is 24.3 Å². The Bertz CT molecular complexity index is 983. The number of carbonyl (C=O) groups excluding carboxylic acids is 1. The number of piperidine rings is 1. The van der Waals surface area contributed by atoms with Gasteiger partial charge in [-0.25, -0.2) is 12.7 Å². The van der Waals surface area contributed by atoms with E-state index < -0.39 is 39.2 Å². The number of rotatable bonds is 5. The SMILES string of the molecule is N#Cc1ccc(C2CCN(S(=O)(=O)C3CN(C(=O)CC4(C(F)(F)F)CC4)C3)CC2)cc1. The summed E-state index contributed by atoms with van der Waals surface area (Å²) in [5.74, 6) is -0.392. The molecule has 0 radical (unpaired) electrons. The van der Waals surface area contributed by atoms with Crippen LogP contribution < -0.4 is 0 Å². The lowest BCUT2D eigenvalue weighted by molar-refractivity contribution is -0.193. The largest absolute Gasteiger partial charge is 0.395 e. The number of halogens is 3. The summed E-state index contributed by atoms with van der Waals surface area (Å²) in [6.45, 7) is 0.665. The van der Waals surface area contributed by atoms with Gasteiger partial charge >= 0.3 is 6.18 Å². The average molecular weight is 456 g/mol. The zero-order valence-electron chi connectivity index (χ0n) is 16.9. The van der Waals surface area contributed by atoms with Crippen molar-refractivity contribution < 1.29 is 26.4 Å². The summed E-state index contributed by atoms with van der Waals surface area (Å²) in [6, 6.07) is 9.38. The highest BCUT2D eigenvalue weighted by atomic mass is 32.2. The summed E-state index contributed by atoms with van der Waals surface area (Å²) in [5, 5.41) is 8.15. The van der Waals surface area contributed by atoms with Crippen molar-refractivity contribution in [3.05, 3.63) is 35.4 Å². The summed E-state index contributed by atoms with van der Waals surface area (Å²) >= 11 is 0. The van der Waals surface area contributed by atoms with Gasteiger partial charge in [0, 0.05) is 32.6 Å². The van der Waals surface area contributed by atoms with Gasteiger partial charge in [0.05, 0.1) is 17.0 Å². The zero-order chi connectivity index (χ0) is 22.4. The van der Waals surface area contributed by atoms with Gasteiger partial charge in [-0.2, -0.15) is 18.4 Å². The first-order valence-corrected chi connectivity index (χ1v) is 11.9. The second-order valence-corrected chi connectivity index (χ2v) is 11.0. The number of benzene rings is 1. The first-order chi connectivity index (χ1) is 14.6. The molecule has 3 fully saturated rings. The van der Waals surface area contributed by atoms with Gasteiger partial charge in [0.25, 0.3) is 0 Å². The van der Waals surface area contributed by atoms with Gasteiger partial charge in [0.2, 0.25) is 15.9 Å². The average Bonchev–Trinajstić information content (AvgIpc) is 3.47. The molecule has 1 saturated carbocycles.